The molecule has 0 atom stereocenters. The van der Waals surface area contributed by atoms with E-state index in [1.54, 1.807) is 59.9 Å². The molecule has 12 heteroatoms. The third kappa shape index (κ3) is 13.3. The van der Waals surface area contributed by atoms with Crippen LogP contribution in [0.15, 0.2) is 151 Å². The summed E-state index contributed by atoms with van der Waals surface area (Å²) in [5.74, 6) is 0.0174. The molecule has 0 aliphatic carbocycles. The summed E-state index contributed by atoms with van der Waals surface area (Å²) in [6.45, 7) is 7.73. The van der Waals surface area contributed by atoms with Crippen LogP contribution in [0, 0.1) is 30.2 Å². The van der Waals surface area contributed by atoms with Crippen LogP contribution in [0.4, 0.5) is 17.6 Å². The average molecular weight is 963 g/mol. The van der Waals surface area contributed by atoms with Gasteiger partial charge in [0.25, 0.3) is 0 Å². The Bertz CT molecular complexity index is 2310. The Labute approximate surface area is 398 Å². The molecule has 0 amide bonds. The SMILES string of the molecule is Cc1ccc(Sc2cccc(F)c2C2CCNCC2)cc1.Fc1cccc(Sc2ccc(Cl)cc2)c1C1CCNCC1.Fc1cccc(Sc2cccc(Cl)c2F)c1C1CCNCC1. The van der Waals surface area contributed by atoms with E-state index < -0.39 is 5.82 Å². The van der Waals surface area contributed by atoms with E-state index in [1.807, 2.05) is 48.5 Å². The number of hydrogen-bond acceptors (Lipinski definition) is 6. The Balaban J connectivity index is 0.000000144. The number of halogens is 6. The van der Waals surface area contributed by atoms with Gasteiger partial charge in [0.05, 0.1) is 5.02 Å². The molecule has 0 bridgehead atoms. The first-order chi connectivity index (χ1) is 31.1. The minimum Gasteiger partial charge on any atom is -0.317 e. The first-order valence-electron chi connectivity index (χ1n) is 21.9. The molecule has 6 aromatic carbocycles. The lowest BCUT2D eigenvalue weighted by Gasteiger charge is -2.25. The van der Waals surface area contributed by atoms with Crippen molar-refractivity contribution in [1.82, 2.24) is 16.0 Å². The number of benzene rings is 6. The molecule has 9 rings (SSSR count). The van der Waals surface area contributed by atoms with Crippen LogP contribution in [0.2, 0.25) is 10.0 Å². The fourth-order valence-corrected chi connectivity index (χ4v) is 11.9. The van der Waals surface area contributed by atoms with Crippen molar-refractivity contribution in [3.05, 3.63) is 177 Å². The van der Waals surface area contributed by atoms with E-state index in [1.165, 1.54) is 34.4 Å². The fourth-order valence-electron chi connectivity index (χ4n) is 8.38. The fraction of sp³-hybridized carbons (Fsp3) is 0.308. The van der Waals surface area contributed by atoms with Crippen LogP contribution in [0.25, 0.3) is 0 Å². The first-order valence-corrected chi connectivity index (χ1v) is 25.1. The van der Waals surface area contributed by atoms with Crippen LogP contribution in [0.1, 0.15) is 78.5 Å². The largest absolute Gasteiger partial charge is 0.317 e. The summed E-state index contributed by atoms with van der Waals surface area (Å²) in [6.07, 6.45) is 5.81. The van der Waals surface area contributed by atoms with Crippen molar-refractivity contribution in [3.63, 3.8) is 0 Å². The highest BCUT2D eigenvalue weighted by molar-refractivity contribution is 8.00. The predicted octanol–water partition coefficient (Wildman–Crippen LogP) is 15.1. The molecule has 3 fully saturated rings. The standard InChI is InChI=1S/C18H20FNS.C17H16ClF2NS.C17H17ClFNS/c1-13-5-7-15(8-6-13)21-17-4-2-3-16(19)18(17)14-9-11-20-12-10-14;18-12-3-1-6-15(17(12)20)22-14-5-2-4-13(19)16(14)11-7-9-21-10-8-11;18-13-4-6-14(7-5-13)21-16-3-1-2-15(19)17(16)12-8-10-20-11-9-12/h2-8,14,20H,9-12H2,1H3;1-6,11,21H,7-10H2;1-7,12,20H,8-11H2. The molecule has 3 saturated heterocycles. The lowest BCUT2D eigenvalue weighted by Crippen LogP contribution is -2.27. The minimum atomic E-state index is -0.449. The van der Waals surface area contributed by atoms with Crippen molar-refractivity contribution in [2.75, 3.05) is 39.3 Å². The molecule has 0 radical (unpaired) electrons. The van der Waals surface area contributed by atoms with Gasteiger partial charge in [-0.3, -0.25) is 0 Å². The zero-order valence-electron chi connectivity index (χ0n) is 35.8. The normalized spacial score (nSPS) is 16.0. The molecule has 64 heavy (non-hydrogen) atoms. The summed E-state index contributed by atoms with van der Waals surface area (Å²) in [4.78, 5) is 5.53. The van der Waals surface area contributed by atoms with Crippen molar-refractivity contribution in [2.24, 2.45) is 0 Å². The molecule has 3 nitrogen and oxygen atoms in total. The van der Waals surface area contributed by atoms with Gasteiger partial charge in [0, 0.05) is 51.1 Å². The van der Waals surface area contributed by atoms with Gasteiger partial charge < -0.3 is 16.0 Å². The Morgan fingerprint density at radius 1 is 0.422 bits per heavy atom. The van der Waals surface area contributed by atoms with Crippen LogP contribution in [0.5, 0.6) is 0 Å². The van der Waals surface area contributed by atoms with Gasteiger partial charge in [0.1, 0.15) is 17.5 Å². The molecule has 3 N–H and O–H groups in total. The number of nitrogens with one attached hydrogen (secondary N) is 3. The van der Waals surface area contributed by atoms with Crippen molar-refractivity contribution >= 4 is 58.5 Å². The highest BCUT2D eigenvalue weighted by Gasteiger charge is 2.25. The Hall–Kier alpha value is -3.45. The minimum absolute atomic E-state index is 0.0565. The van der Waals surface area contributed by atoms with E-state index in [9.17, 15) is 17.6 Å². The quantitative estimate of drug-likeness (QED) is 0.125. The van der Waals surface area contributed by atoms with Crippen LogP contribution >= 0.6 is 58.5 Å². The smallest absolute Gasteiger partial charge is 0.155 e. The van der Waals surface area contributed by atoms with Crippen LogP contribution in [-0.4, -0.2) is 39.3 Å². The van der Waals surface area contributed by atoms with E-state index in [2.05, 4.69) is 47.1 Å². The number of rotatable bonds is 9. The van der Waals surface area contributed by atoms with Gasteiger partial charge in [0.2, 0.25) is 0 Å². The average Bonchev–Trinajstić information content (AvgIpc) is 3.31. The molecule has 3 aliphatic rings. The van der Waals surface area contributed by atoms with E-state index >= 15 is 0 Å². The first kappa shape index (κ1) is 48.5. The lowest BCUT2D eigenvalue weighted by atomic mass is 9.90. The molecular formula is C52H53Cl2F4N3S3. The number of hydrogen-bond donors (Lipinski definition) is 3. The van der Waals surface area contributed by atoms with Gasteiger partial charge in [-0.25, -0.2) is 17.6 Å². The highest BCUT2D eigenvalue weighted by atomic mass is 35.5. The second kappa shape index (κ2) is 24.4. The zero-order chi connectivity index (χ0) is 44.8. The summed E-state index contributed by atoms with van der Waals surface area (Å²) in [5.41, 5.74) is 3.73. The molecule has 0 unspecified atom stereocenters. The van der Waals surface area contributed by atoms with Gasteiger partial charge in [-0.05, 0) is 187 Å². The van der Waals surface area contributed by atoms with E-state index in [-0.39, 0.29) is 28.4 Å². The Morgan fingerprint density at radius 2 is 0.766 bits per heavy atom. The van der Waals surface area contributed by atoms with E-state index in [4.69, 9.17) is 23.2 Å². The van der Waals surface area contributed by atoms with Crippen LogP contribution in [0.3, 0.4) is 0 Å². The Morgan fingerprint density at radius 3 is 1.17 bits per heavy atom. The summed E-state index contributed by atoms with van der Waals surface area (Å²) in [7, 11) is 0. The van der Waals surface area contributed by atoms with Crippen molar-refractivity contribution in [2.45, 2.75) is 92.6 Å². The van der Waals surface area contributed by atoms with Crippen molar-refractivity contribution in [1.29, 1.82) is 0 Å². The van der Waals surface area contributed by atoms with Crippen LogP contribution < -0.4 is 16.0 Å². The number of aryl methyl sites for hydroxylation is 1. The van der Waals surface area contributed by atoms with Gasteiger partial charge in [-0.1, -0.05) is 100 Å². The molecule has 0 aromatic heterocycles. The van der Waals surface area contributed by atoms with Crippen molar-refractivity contribution < 1.29 is 17.6 Å². The second-order valence-corrected chi connectivity index (χ2v) is 20.3. The van der Waals surface area contributed by atoms with Gasteiger partial charge in [-0.15, -0.1) is 0 Å². The van der Waals surface area contributed by atoms with Gasteiger partial charge in [0.15, 0.2) is 5.82 Å². The second-order valence-electron chi connectivity index (χ2n) is 16.2. The Kier molecular flexibility index (Phi) is 18.5. The summed E-state index contributed by atoms with van der Waals surface area (Å²) < 4.78 is 57.2. The van der Waals surface area contributed by atoms with E-state index in [0.717, 1.165) is 114 Å². The summed E-state index contributed by atoms with van der Waals surface area (Å²) in [5, 5.41) is 10.8. The molecule has 336 valence electrons. The topological polar surface area (TPSA) is 36.1 Å². The maximum Gasteiger partial charge on any atom is 0.155 e. The predicted molar refractivity (Wildman–Crippen MR) is 260 cm³/mol. The van der Waals surface area contributed by atoms with Crippen LogP contribution in [-0.2, 0) is 0 Å². The van der Waals surface area contributed by atoms with Crippen molar-refractivity contribution in [3.8, 4) is 0 Å². The number of piperidine rings is 3. The van der Waals surface area contributed by atoms with Gasteiger partial charge >= 0.3 is 0 Å². The lowest BCUT2D eigenvalue weighted by molar-refractivity contribution is 0.439. The maximum absolute atomic E-state index is 14.4. The molecule has 0 spiro atoms. The maximum atomic E-state index is 14.4. The molecule has 3 heterocycles. The third-order valence-corrected chi connectivity index (χ3v) is 15.5. The zero-order valence-corrected chi connectivity index (χ0v) is 39.7. The highest BCUT2D eigenvalue weighted by Crippen LogP contribution is 2.42. The monoisotopic (exact) mass is 961 g/mol. The van der Waals surface area contributed by atoms with Gasteiger partial charge in [-0.2, -0.15) is 0 Å². The van der Waals surface area contributed by atoms with E-state index in [0.29, 0.717) is 22.3 Å². The molecular weight excluding hydrogens is 910 g/mol. The summed E-state index contributed by atoms with van der Waals surface area (Å²) >= 11 is 16.3. The molecule has 0 saturated carbocycles. The molecule has 3 aliphatic heterocycles. The third-order valence-electron chi connectivity index (χ3n) is 11.7. The molecule has 6 aromatic rings. The summed E-state index contributed by atoms with van der Waals surface area (Å²) in [6, 6.07) is 36.8.